The van der Waals surface area contributed by atoms with Gasteiger partial charge < -0.3 is 4.90 Å². The summed E-state index contributed by atoms with van der Waals surface area (Å²) < 4.78 is 1.89. The zero-order chi connectivity index (χ0) is 23.0. The number of rotatable bonds is 9. The molecule has 4 nitrogen and oxygen atoms in total. The third-order valence-electron chi connectivity index (χ3n) is 5.91. The standard InChI is InChI=1S/C29H31N3O/c1-3-4-14-21-31(22-24-15-8-5-9-16-24)29(33)27-23(2)32(26-19-12-7-13-20-26)30-28(27)25-17-10-6-11-18-25/h5-13,15-20H,3-4,14,21-22H2,1-2H3. The van der Waals surface area contributed by atoms with Gasteiger partial charge in [0, 0.05) is 18.7 Å². The maximum Gasteiger partial charge on any atom is 0.258 e. The van der Waals surface area contributed by atoms with E-state index < -0.39 is 0 Å². The largest absolute Gasteiger partial charge is 0.334 e. The van der Waals surface area contributed by atoms with Crippen molar-refractivity contribution >= 4 is 5.91 Å². The number of hydrogen-bond donors (Lipinski definition) is 0. The third kappa shape index (κ3) is 5.23. The topological polar surface area (TPSA) is 38.1 Å². The molecule has 1 aromatic heterocycles. The zero-order valence-electron chi connectivity index (χ0n) is 19.4. The quantitative estimate of drug-likeness (QED) is 0.274. The maximum absolute atomic E-state index is 14.1. The van der Waals surface area contributed by atoms with Crippen molar-refractivity contribution in [2.75, 3.05) is 6.54 Å². The van der Waals surface area contributed by atoms with Gasteiger partial charge in [0.1, 0.15) is 5.69 Å². The van der Waals surface area contributed by atoms with Crippen LogP contribution >= 0.6 is 0 Å². The van der Waals surface area contributed by atoms with Gasteiger partial charge in [-0.15, -0.1) is 0 Å². The first-order valence-electron chi connectivity index (χ1n) is 11.7. The Morgan fingerprint density at radius 2 is 1.45 bits per heavy atom. The fraction of sp³-hybridized carbons (Fsp3) is 0.241. The van der Waals surface area contributed by atoms with Crippen LogP contribution in [0.4, 0.5) is 0 Å². The molecule has 0 spiro atoms. The molecule has 0 bridgehead atoms. The summed E-state index contributed by atoms with van der Waals surface area (Å²) in [5, 5.41) is 4.93. The third-order valence-corrected chi connectivity index (χ3v) is 5.91. The van der Waals surface area contributed by atoms with Gasteiger partial charge in [0.25, 0.3) is 5.91 Å². The number of aromatic nitrogens is 2. The average molecular weight is 438 g/mol. The SMILES string of the molecule is CCCCCN(Cc1ccccc1)C(=O)c1c(-c2ccccc2)nn(-c2ccccc2)c1C. The lowest BCUT2D eigenvalue weighted by Gasteiger charge is -2.23. The van der Waals surface area contributed by atoms with E-state index in [-0.39, 0.29) is 5.91 Å². The van der Waals surface area contributed by atoms with E-state index in [4.69, 9.17) is 5.10 Å². The summed E-state index contributed by atoms with van der Waals surface area (Å²) in [5.74, 6) is 0.0356. The van der Waals surface area contributed by atoms with Gasteiger partial charge in [0.05, 0.1) is 16.9 Å². The number of unbranched alkanes of at least 4 members (excludes halogenated alkanes) is 2. The molecule has 1 heterocycles. The van der Waals surface area contributed by atoms with Gasteiger partial charge in [-0.2, -0.15) is 5.10 Å². The van der Waals surface area contributed by atoms with Gasteiger partial charge in [0.15, 0.2) is 0 Å². The van der Waals surface area contributed by atoms with E-state index in [2.05, 4.69) is 19.1 Å². The van der Waals surface area contributed by atoms with Gasteiger partial charge in [-0.3, -0.25) is 4.79 Å². The highest BCUT2D eigenvalue weighted by molar-refractivity contribution is 6.01. The molecule has 0 N–H and O–H groups in total. The van der Waals surface area contributed by atoms with Crippen molar-refractivity contribution in [2.45, 2.75) is 39.7 Å². The summed E-state index contributed by atoms with van der Waals surface area (Å²) in [6, 6.07) is 30.2. The highest BCUT2D eigenvalue weighted by atomic mass is 16.2. The molecule has 0 aliphatic heterocycles. The van der Waals surface area contributed by atoms with E-state index in [9.17, 15) is 4.79 Å². The number of benzene rings is 3. The summed E-state index contributed by atoms with van der Waals surface area (Å²) in [6.07, 6.45) is 3.21. The van der Waals surface area contributed by atoms with Crippen molar-refractivity contribution in [3.8, 4) is 16.9 Å². The molecule has 1 amide bonds. The molecule has 3 aromatic carbocycles. The molecule has 0 atom stereocenters. The number of carbonyl (C=O) groups is 1. The summed E-state index contributed by atoms with van der Waals surface area (Å²) in [6.45, 7) is 5.50. The van der Waals surface area contributed by atoms with Gasteiger partial charge in [0.2, 0.25) is 0 Å². The Balaban J connectivity index is 1.78. The van der Waals surface area contributed by atoms with E-state index in [1.165, 1.54) is 0 Å². The van der Waals surface area contributed by atoms with Crippen LogP contribution in [0.5, 0.6) is 0 Å². The second kappa shape index (κ2) is 10.8. The molecule has 33 heavy (non-hydrogen) atoms. The predicted molar refractivity (Wildman–Crippen MR) is 134 cm³/mol. The number of nitrogens with zero attached hydrogens (tertiary/aromatic N) is 3. The van der Waals surface area contributed by atoms with Crippen LogP contribution in [-0.2, 0) is 6.54 Å². The van der Waals surface area contributed by atoms with Crippen molar-refractivity contribution in [1.82, 2.24) is 14.7 Å². The van der Waals surface area contributed by atoms with Crippen LogP contribution in [0.1, 0.15) is 47.8 Å². The van der Waals surface area contributed by atoms with Crippen molar-refractivity contribution in [3.63, 3.8) is 0 Å². The second-order valence-electron chi connectivity index (χ2n) is 8.34. The lowest BCUT2D eigenvalue weighted by Crippen LogP contribution is -2.32. The minimum atomic E-state index is 0.0356. The normalized spacial score (nSPS) is 10.8. The Bertz CT molecular complexity index is 1170. The molecule has 0 radical (unpaired) electrons. The van der Waals surface area contributed by atoms with Crippen LogP contribution in [-0.4, -0.2) is 27.1 Å². The predicted octanol–water partition coefficient (Wildman–Crippen LogP) is 6.68. The van der Waals surface area contributed by atoms with Crippen molar-refractivity contribution < 1.29 is 4.79 Å². The highest BCUT2D eigenvalue weighted by Crippen LogP contribution is 2.29. The molecule has 0 aliphatic carbocycles. The lowest BCUT2D eigenvalue weighted by molar-refractivity contribution is 0.0740. The Labute approximate surface area is 196 Å². The average Bonchev–Trinajstić information content (AvgIpc) is 3.22. The molecule has 4 rings (SSSR count). The number of carbonyl (C=O) groups excluding carboxylic acids is 1. The van der Waals surface area contributed by atoms with Crippen LogP contribution in [0.3, 0.4) is 0 Å². The van der Waals surface area contributed by atoms with Crippen LogP contribution in [0.2, 0.25) is 0 Å². The van der Waals surface area contributed by atoms with Gasteiger partial charge >= 0.3 is 0 Å². The van der Waals surface area contributed by atoms with Crippen LogP contribution in [0.15, 0.2) is 91.0 Å². The molecule has 4 heteroatoms. The van der Waals surface area contributed by atoms with Crippen LogP contribution < -0.4 is 0 Å². The molecule has 0 unspecified atom stereocenters. The van der Waals surface area contributed by atoms with Crippen molar-refractivity contribution in [2.24, 2.45) is 0 Å². The van der Waals surface area contributed by atoms with E-state index in [0.29, 0.717) is 12.1 Å². The first kappa shape index (κ1) is 22.5. The van der Waals surface area contributed by atoms with Gasteiger partial charge in [-0.1, -0.05) is 98.6 Å². The number of hydrogen-bond acceptors (Lipinski definition) is 2. The molecule has 168 valence electrons. The van der Waals surface area contributed by atoms with E-state index in [1.807, 2.05) is 95.4 Å². The summed E-state index contributed by atoms with van der Waals surface area (Å²) in [5.41, 5.74) is 5.31. The zero-order valence-corrected chi connectivity index (χ0v) is 19.4. The molecule has 0 aliphatic rings. The lowest BCUT2D eigenvalue weighted by atomic mass is 10.0. The Morgan fingerprint density at radius 3 is 2.09 bits per heavy atom. The fourth-order valence-electron chi connectivity index (χ4n) is 4.14. The molecule has 0 saturated carbocycles. The van der Waals surface area contributed by atoms with Gasteiger partial charge in [-0.05, 0) is 31.0 Å². The Kier molecular flexibility index (Phi) is 7.36. The highest BCUT2D eigenvalue weighted by Gasteiger charge is 2.27. The first-order valence-corrected chi connectivity index (χ1v) is 11.7. The maximum atomic E-state index is 14.1. The molecular weight excluding hydrogens is 406 g/mol. The Morgan fingerprint density at radius 1 is 0.848 bits per heavy atom. The molecular formula is C29H31N3O. The van der Waals surface area contributed by atoms with E-state index in [0.717, 1.165) is 54.0 Å². The van der Waals surface area contributed by atoms with Gasteiger partial charge in [-0.25, -0.2) is 4.68 Å². The van der Waals surface area contributed by atoms with E-state index in [1.54, 1.807) is 0 Å². The second-order valence-corrected chi connectivity index (χ2v) is 8.34. The minimum absolute atomic E-state index is 0.0356. The Hall–Kier alpha value is -3.66. The van der Waals surface area contributed by atoms with Crippen molar-refractivity contribution in [1.29, 1.82) is 0 Å². The molecule has 0 saturated heterocycles. The monoisotopic (exact) mass is 437 g/mol. The van der Waals surface area contributed by atoms with Crippen molar-refractivity contribution in [3.05, 3.63) is 108 Å². The fourth-order valence-corrected chi connectivity index (χ4v) is 4.14. The van der Waals surface area contributed by atoms with Crippen LogP contribution in [0.25, 0.3) is 16.9 Å². The van der Waals surface area contributed by atoms with Crippen LogP contribution in [0, 0.1) is 6.92 Å². The smallest absolute Gasteiger partial charge is 0.258 e. The molecule has 4 aromatic rings. The first-order chi connectivity index (χ1) is 16.2. The summed E-state index contributed by atoms with van der Waals surface area (Å²) >= 11 is 0. The minimum Gasteiger partial charge on any atom is -0.334 e. The summed E-state index contributed by atoms with van der Waals surface area (Å²) in [7, 11) is 0. The van der Waals surface area contributed by atoms with E-state index >= 15 is 0 Å². The molecule has 0 fully saturated rings. The number of amides is 1. The summed E-state index contributed by atoms with van der Waals surface area (Å²) in [4.78, 5) is 16.1. The number of para-hydroxylation sites is 1.